The third-order valence-electron chi connectivity index (χ3n) is 6.76. The Morgan fingerprint density at radius 3 is 2.32 bits per heavy atom. The molecule has 0 N–H and O–H groups in total. The van der Waals surface area contributed by atoms with Crippen molar-refractivity contribution in [2.45, 2.75) is 69.3 Å². The van der Waals surface area contributed by atoms with Crippen LogP contribution in [0.25, 0.3) is 0 Å². The summed E-state index contributed by atoms with van der Waals surface area (Å²) >= 11 is 0. The van der Waals surface area contributed by atoms with Crippen LogP contribution in [0.4, 0.5) is 11.4 Å². The third-order valence-corrected chi connectivity index (χ3v) is 12.6. The van der Waals surface area contributed by atoms with Crippen molar-refractivity contribution in [1.82, 2.24) is 0 Å². The highest BCUT2D eigenvalue weighted by Gasteiger charge is 2.43. The number of nitro groups is 1. The fraction of sp³-hybridized carbons (Fsp3) is 0.500. The minimum absolute atomic E-state index is 0.0000597. The number of aryl methyl sites for hydroxylation is 1. The van der Waals surface area contributed by atoms with Gasteiger partial charge in [-0.2, -0.15) is 8.42 Å². The Morgan fingerprint density at radius 1 is 1.12 bits per heavy atom. The molecule has 1 fully saturated rings. The maximum absolute atomic E-state index is 12.8. The molecule has 0 bridgehead atoms. The number of nitro benzene ring substituents is 1. The van der Waals surface area contributed by atoms with Crippen molar-refractivity contribution in [2.75, 3.05) is 18.1 Å². The summed E-state index contributed by atoms with van der Waals surface area (Å²) in [5.74, 6) is 0. The Morgan fingerprint density at radius 2 is 1.74 bits per heavy atom. The molecule has 2 atom stereocenters. The molecule has 186 valence electrons. The predicted octanol–water partition coefficient (Wildman–Crippen LogP) is 5.28. The summed E-state index contributed by atoms with van der Waals surface area (Å²) in [7, 11) is -6.07. The fourth-order valence-electron chi connectivity index (χ4n) is 3.81. The molecule has 0 aliphatic carbocycles. The molecule has 34 heavy (non-hydrogen) atoms. The van der Waals surface area contributed by atoms with Gasteiger partial charge in [0.2, 0.25) is 0 Å². The molecular weight excluding hydrogens is 472 g/mol. The van der Waals surface area contributed by atoms with Gasteiger partial charge in [0.1, 0.15) is 5.69 Å². The van der Waals surface area contributed by atoms with Gasteiger partial charge in [-0.25, -0.2) is 0 Å². The van der Waals surface area contributed by atoms with Crippen LogP contribution in [0.5, 0.6) is 0 Å². The van der Waals surface area contributed by atoms with Gasteiger partial charge in [0.15, 0.2) is 8.32 Å². The smallest absolute Gasteiger partial charge is 0.297 e. The second-order valence-electron chi connectivity index (χ2n) is 10.3. The molecular formula is C24H34N2O6SSi. The van der Waals surface area contributed by atoms with E-state index in [2.05, 4.69) is 33.9 Å². The molecule has 0 saturated carbocycles. The highest BCUT2D eigenvalue weighted by atomic mass is 32.2. The summed E-state index contributed by atoms with van der Waals surface area (Å²) in [6.45, 7) is 13.0. The normalized spacial score (nSPS) is 19.4. The van der Waals surface area contributed by atoms with E-state index in [0.717, 1.165) is 5.56 Å². The van der Waals surface area contributed by atoms with Crippen molar-refractivity contribution in [3.05, 3.63) is 64.2 Å². The summed E-state index contributed by atoms with van der Waals surface area (Å²) in [6, 6.07) is 12.6. The van der Waals surface area contributed by atoms with Gasteiger partial charge in [0.05, 0.1) is 28.6 Å². The van der Waals surface area contributed by atoms with Crippen molar-refractivity contribution in [3.63, 3.8) is 0 Å². The molecule has 1 heterocycles. The van der Waals surface area contributed by atoms with Crippen molar-refractivity contribution < 1.29 is 22.0 Å². The van der Waals surface area contributed by atoms with E-state index in [-0.39, 0.29) is 28.3 Å². The van der Waals surface area contributed by atoms with Crippen LogP contribution in [-0.4, -0.2) is 47.0 Å². The van der Waals surface area contributed by atoms with Gasteiger partial charge in [0, 0.05) is 12.6 Å². The molecule has 0 unspecified atom stereocenters. The standard InChI is InChI=1S/C24H34N2O6SSi/c1-18-11-13-21(14-12-18)33(29,30)31-17-19-15-20(32-34(5,6)24(2,3)4)16-25(19)22-9-7-8-10-23(22)26(27)28/h7-14,19-20H,15-17H2,1-6H3/t19-,20-/m1/s1. The highest BCUT2D eigenvalue weighted by molar-refractivity contribution is 7.86. The molecule has 0 spiro atoms. The molecule has 1 saturated heterocycles. The number of anilines is 1. The van der Waals surface area contributed by atoms with E-state index in [9.17, 15) is 18.5 Å². The largest absolute Gasteiger partial charge is 0.412 e. The summed E-state index contributed by atoms with van der Waals surface area (Å²) < 4.78 is 37.6. The first-order chi connectivity index (χ1) is 15.7. The number of para-hydroxylation sites is 2. The van der Waals surface area contributed by atoms with Crippen LogP contribution in [0.2, 0.25) is 18.1 Å². The predicted molar refractivity (Wildman–Crippen MR) is 135 cm³/mol. The Labute approximate surface area is 203 Å². The van der Waals surface area contributed by atoms with E-state index in [4.69, 9.17) is 8.61 Å². The molecule has 10 heteroatoms. The van der Waals surface area contributed by atoms with Crippen LogP contribution in [0, 0.1) is 17.0 Å². The van der Waals surface area contributed by atoms with Crippen molar-refractivity contribution in [1.29, 1.82) is 0 Å². The van der Waals surface area contributed by atoms with Gasteiger partial charge in [0.25, 0.3) is 15.8 Å². The van der Waals surface area contributed by atoms with Crippen molar-refractivity contribution >= 4 is 29.8 Å². The van der Waals surface area contributed by atoms with Crippen LogP contribution in [0.3, 0.4) is 0 Å². The summed E-state index contributed by atoms with van der Waals surface area (Å²) in [5.41, 5.74) is 1.36. The molecule has 2 aromatic rings. The highest BCUT2D eigenvalue weighted by Crippen LogP contribution is 2.40. The van der Waals surface area contributed by atoms with E-state index >= 15 is 0 Å². The Hall–Kier alpha value is -2.27. The van der Waals surface area contributed by atoms with Gasteiger partial charge in [-0.3, -0.25) is 14.3 Å². The zero-order valence-electron chi connectivity index (χ0n) is 20.6. The second kappa shape index (κ2) is 9.77. The first-order valence-electron chi connectivity index (χ1n) is 11.4. The van der Waals surface area contributed by atoms with Crippen LogP contribution >= 0.6 is 0 Å². The average Bonchev–Trinajstić information content (AvgIpc) is 3.13. The maximum atomic E-state index is 12.8. The quantitative estimate of drug-likeness (QED) is 0.208. The van der Waals surface area contributed by atoms with E-state index < -0.39 is 29.4 Å². The molecule has 0 amide bonds. The summed E-state index contributed by atoms with van der Waals surface area (Å²) in [6.07, 6.45) is 0.332. The lowest BCUT2D eigenvalue weighted by atomic mass is 10.2. The van der Waals surface area contributed by atoms with Gasteiger partial charge in [-0.15, -0.1) is 0 Å². The third kappa shape index (κ3) is 5.86. The lowest BCUT2D eigenvalue weighted by Gasteiger charge is -2.38. The van der Waals surface area contributed by atoms with E-state index in [1.165, 1.54) is 18.2 Å². The molecule has 3 rings (SSSR count). The number of benzene rings is 2. The minimum Gasteiger partial charge on any atom is -0.412 e. The number of hydrogen-bond donors (Lipinski definition) is 0. The van der Waals surface area contributed by atoms with Crippen LogP contribution in [-0.2, 0) is 18.7 Å². The van der Waals surface area contributed by atoms with E-state index in [1.54, 1.807) is 30.3 Å². The lowest BCUT2D eigenvalue weighted by molar-refractivity contribution is -0.384. The summed E-state index contributed by atoms with van der Waals surface area (Å²) in [5, 5.41) is 11.7. The topological polar surface area (TPSA) is 99.0 Å². The lowest BCUT2D eigenvalue weighted by Crippen LogP contribution is -2.44. The molecule has 0 radical (unpaired) electrons. The number of hydrogen-bond acceptors (Lipinski definition) is 7. The van der Waals surface area contributed by atoms with Crippen LogP contribution < -0.4 is 4.90 Å². The average molecular weight is 507 g/mol. The Balaban J connectivity index is 1.87. The zero-order valence-corrected chi connectivity index (χ0v) is 22.5. The molecule has 2 aromatic carbocycles. The van der Waals surface area contributed by atoms with Crippen LogP contribution in [0.15, 0.2) is 53.4 Å². The second-order valence-corrected chi connectivity index (χ2v) is 16.7. The maximum Gasteiger partial charge on any atom is 0.297 e. The minimum atomic E-state index is -3.97. The van der Waals surface area contributed by atoms with Gasteiger partial charge in [-0.1, -0.05) is 50.6 Å². The molecule has 1 aliphatic heterocycles. The monoisotopic (exact) mass is 506 g/mol. The van der Waals surface area contributed by atoms with Gasteiger partial charge < -0.3 is 9.33 Å². The van der Waals surface area contributed by atoms with Crippen molar-refractivity contribution in [2.24, 2.45) is 0 Å². The molecule has 8 nitrogen and oxygen atoms in total. The Bertz CT molecular complexity index is 1130. The SMILES string of the molecule is Cc1ccc(S(=O)(=O)OC[C@H]2C[C@@H](O[Si](C)(C)C(C)(C)C)CN2c2ccccc2[N+](=O)[O-])cc1. The first kappa shape index (κ1) is 26.3. The fourth-order valence-corrected chi connectivity index (χ4v) is 6.11. The van der Waals surface area contributed by atoms with Gasteiger partial charge >= 0.3 is 0 Å². The molecule has 1 aliphatic rings. The van der Waals surface area contributed by atoms with Crippen molar-refractivity contribution in [3.8, 4) is 0 Å². The molecule has 0 aromatic heterocycles. The van der Waals surface area contributed by atoms with Gasteiger partial charge in [-0.05, 0) is 49.7 Å². The Kier molecular flexibility index (Phi) is 7.56. The zero-order chi connectivity index (χ0) is 25.3. The van der Waals surface area contributed by atoms with Crippen LogP contribution in [0.1, 0.15) is 32.8 Å². The first-order valence-corrected chi connectivity index (χ1v) is 15.7. The van der Waals surface area contributed by atoms with E-state index in [1.807, 2.05) is 11.8 Å². The number of rotatable bonds is 8. The summed E-state index contributed by atoms with van der Waals surface area (Å²) in [4.78, 5) is 13.2. The van der Waals surface area contributed by atoms with E-state index in [0.29, 0.717) is 18.7 Å². The number of nitrogens with zero attached hydrogens (tertiary/aromatic N) is 2.